The smallest absolute Gasteiger partial charge is 0.0998 e. The highest BCUT2D eigenvalue weighted by Gasteiger charge is 2.22. The minimum atomic E-state index is 0.409. The molecule has 0 saturated heterocycles. The summed E-state index contributed by atoms with van der Waals surface area (Å²) in [6, 6.07) is 56.8. The van der Waals surface area contributed by atoms with Crippen LogP contribution in [0, 0.1) is 45.3 Å². The van der Waals surface area contributed by atoms with Crippen LogP contribution in [0.15, 0.2) is 146 Å². The van der Waals surface area contributed by atoms with Gasteiger partial charge in [-0.25, -0.2) is 0 Å². The standard InChI is InChI=1S/C46H24N6/c47-25-30-9-6-10-31(26-48)44(30)29-19-21-43-39(23-29)37-16-8-17-38(45-32(27-49)11-7-12-33(45)28-50)46(37)52(43)35-20-22-42-40(24-35)36-15-4-5-18-41(36)51(42)34-13-2-1-3-14-34/h1-24H. The second-order valence-electron chi connectivity index (χ2n) is 12.6. The Bertz CT molecular complexity index is 3050. The molecule has 238 valence electrons. The largest absolute Gasteiger partial charge is 0.309 e. The van der Waals surface area contributed by atoms with E-state index in [9.17, 15) is 21.0 Å². The summed E-state index contributed by atoms with van der Waals surface area (Å²) >= 11 is 0. The monoisotopic (exact) mass is 660 g/mol. The van der Waals surface area contributed by atoms with Crippen molar-refractivity contribution in [1.82, 2.24) is 9.13 Å². The van der Waals surface area contributed by atoms with Crippen molar-refractivity contribution >= 4 is 43.6 Å². The summed E-state index contributed by atoms with van der Waals surface area (Å²) in [5, 5.41) is 44.6. The number of hydrogen-bond donors (Lipinski definition) is 0. The highest BCUT2D eigenvalue weighted by molar-refractivity contribution is 6.16. The number of para-hydroxylation sites is 3. The summed E-state index contributed by atoms with van der Waals surface area (Å²) in [5.74, 6) is 0. The Balaban J connectivity index is 1.42. The van der Waals surface area contributed by atoms with Crippen LogP contribution in [0.4, 0.5) is 0 Å². The van der Waals surface area contributed by atoms with Crippen molar-refractivity contribution in [3.8, 4) is 57.9 Å². The van der Waals surface area contributed by atoms with E-state index >= 15 is 0 Å². The van der Waals surface area contributed by atoms with E-state index in [1.54, 1.807) is 36.4 Å². The molecular formula is C46H24N6. The quantitative estimate of drug-likeness (QED) is 0.187. The number of aromatic nitrogens is 2. The van der Waals surface area contributed by atoms with Gasteiger partial charge in [0.05, 0.1) is 68.6 Å². The molecule has 6 nitrogen and oxygen atoms in total. The molecule has 0 aliphatic heterocycles. The fraction of sp³-hybridized carbons (Fsp3) is 0. The van der Waals surface area contributed by atoms with Crippen LogP contribution >= 0.6 is 0 Å². The molecule has 52 heavy (non-hydrogen) atoms. The third-order valence-electron chi connectivity index (χ3n) is 9.88. The van der Waals surface area contributed by atoms with E-state index in [-0.39, 0.29) is 0 Å². The average molecular weight is 661 g/mol. The number of fused-ring (bicyclic) bond motifs is 6. The van der Waals surface area contributed by atoms with E-state index in [2.05, 4.69) is 88.0 Å². The minimum Gasteiger partial charge on any atom is -0.309 e. The fourth-order valence-corrected chi connectivity index (χ4v) is 7.73. The van der Waals surface area contributed by atoms with Gasteiger partial charge in [-0.3, -0.25) is 0 Å². The first-order chi connectivity index (χ1) is 25.6. The van der Waals surface area contributed by atoms with Gasteiger partial charge < -0.3 is 9.13 Å². The van der Waals surface area contributed by atoms with Crippen LogP contribution in [0.2, 0.25) is 0 Å². The molecule has 0 atom stereocenters. The molecule has 0 radical (unpaired) electrons. The zero-order valence-electron chi connectivity index (χ0n) is 27.5. The molecule has 0 aliphatic rings. The summed E-state index contributed by atoms with van der Waals surface area (Å²) in [6.07, 6.45) is 0. The number of hydrogen-bond acceptors (Lipinski definition) is 4. The predicted octanol–water partition coefficient (Wildman–Crippen LogP) is 10.7. The van der Waals surface area contributed by atoms with Gasteiger partial charge in [-0.15, -0.1) is 0 Å². The lowest BCUT2D eigenvalue weighted by atomic mass is 9.92. The Labute approximate surface area is 298 Å². The number of nitrogens with zero attached hydrogens (tertiary/aromatic N) is 6. The van der Waals surface area contributed by atoms with Crippen molar-refractivity contribution in [2.45, 2.75) is 0 Å². The average Bonchev–Trinajstić information content (AvgIpc) is 3.72. The Morgan fingerprint density at radius 3 is 1.60 bits per heavy atom. The number of benzene rings is 7. The zero-order valence-corrected chi connectivity index (χ0v) is 27.5. The van der Waals surface area contributed by atoms with Gasteiger partial charge >= 0.3 is 0 Å². The molecule has 9 aromatic rings. The molecule has 0 spiro atoms. The molecule has 9 rings (SSSR count). The van der Waals surface area contributed by atoms with Crippen molar-refractivity contribution in [3.63, 3.8) is 0 Å². The first-order valence-electron chi connectivity index (χ1n) is 16.7. The van der Waals surface area contributed by atoms with E-state index in [1.807, 2.05) is 54.6 Å². The first-order valence-corrected chi connectivity index (χ1v) is 16.7. The lowest BCUT2D eigenvalue weighted by Gasteiger charge is -2.14. The Kier molecular flexibility index (Phi) is 6.91. The maximum absolute atomic E-state index is 10.3. The third kappa shape index (κ3) is 4.40. The lowest BCUT2D eigenvalue weighted by Crippen LogP contribution is -1.98. The molecule has 0 bridgehead atoms. The van der Waals surface area contributed by atoms with E-state index in [0.29, 0.717) is 33.4 Å². The van der Waals surface area contributed by atoms with Crippen LogP contribution < -0.4 is 0 Å². The van der Waals surface area contributed by atoms with Gasteiger partial charge in [0.2, 0.25) is 0 Å². The molecule has 6 heteroatoms. The van der Waals surface area contributed by atoms with E-state index < -0.39 is 0 Å². The minimum absolute atomic E-state index is 0.409. The van der Waals surface area contributed by atoms with Crippen molar-refractivity contribution < 1.29 is 0 Å². The molecule has 0 amide bonds. The molecule has 0 N–H and O–H groups in total. The van der Waals surface area contributed by atoms with Crippen LogP contribution in [0.5, 0.6) is 0 Å². The second kappa shape index (κ2) is 11.9. The molecule has 0 saturated carbocycles. The van der Waals surface area contributed by atoms with E-state index in [0.717, 1.165) is 66.1 Å². The van der Waals surface area contributed by atoms with Gasteiger partial charge in [-0.05, 0) is 78.4 Å². The van der Waals surface area contributed by atoms with Crippen LogP contribution in [0.25, 0.3) is 77.2 Å². The lowest BCUT2D eigenvalue weighted by molar-refractivity contribution is 1.17. The summed E-state index contributed by atoms with van der Waals surface area (Å²) in [6.45, 7) is 0. The van der Waals surface area contributed by atoms with Gasteiger partial charge in [-0.1, -0.05) is 72.8 Å². The summed E-state index contributed by atoms with van der Waals surface area (Å²) in [5.41, 5.74) is 10.2. The normalized spacial score (nSPS) is 11.0. The molecule has 0 fully saturated rings. The maximum atomic E-state index is 10.3. The van der Waals surface area contributed by atoms with Gasteiger partial charge in [0.1, 0.15) is 0 Å². The molecular weight excluding hydrogens is 637 g/mol. The van der Waals surface area contributed by atoms with Gasteiger partial charge in [-0.2, -0.15) is 21.0 Å². The number of rotatable bonds is 4. The summed E-state index contributed by atoms with van der Waals surface area (Å²) in [4.78, 5) is 0. The van der Waals surface area contributed by atoms with Crippen LogP contribution in [0.1, 0.15) is 22.3 Å². The SMILES string of the molecule is N#Cc1cccc(C#N)c1-c1ccc2c(c1)c1cccc(-c3c(C#N)cccc3C#N)c1n2-c1ccc2c(c1)c1ccccc1n2-c1ccccc1. The van der Waals surface area contributed by atoms with Gasteiger partial charge in [0.15, 0.2) is 0 Å². The fourth-order valence-electron chi connectivity index (χ4n) is 7.73. The second-order valence-corrected chi connectivity index (χ2v) is 12.6. The van der Waals surface area contributed by atoms with Gasteiger partial charge in [0.25, 0.3) is 0 Å². The Morgan fingerprint density at radius 2 is 0.904 bits per heavy atom. The van der Waals surface area contributed by atoms with Crippen LogP contribution in [0.3, 0.4) is 0 Å². The molecule has 0 aliphatic carbocycles. The number of nitriles is 4. The van der Waals surface area contributed by atoms with Crippen LogP contribution in [-0.2, 0) is 0 Å². The molecule has 0 unspecified atom stereocenters. The molecule has 2 heterocycles. The Hall–Kier alpha value is -7.90. The Morgan fingerprint density at radius 1 is 0.365 bits per heavy atom. The zero-order chi connectivity index (χ0) is 35.3. The molecule has 2 aromatic heterocycles. The highest BCUT2D eigenvalue weighted by Crippen LogP contribution is 2.43. The van der Waals surface area contributed by atoms with Crippen molar-refractivity contribution in [2.75, 3.05) is 0 Å². The highest BCUT2D eigenvalue weighted by atomic mass is 15.0. The maximum Gasteiger partial charge on any atom is 0.0998 e. The third-order valence-corrected chi connectivity index (χ3v) is 9.88. The van der Waals surface area contributed by atoms with Crippen molar-refractivity contribution in [2.24, 2.45) is 0 Å². The first kappa shape index (κ1) is 30.2. The summed E-state index contributed by atoms with van der Waals surface area (Å²) < 4.78 is 4.48. The topological polar surface area (TPSA) is 105 Å². The summed E-state index contributed by atoms with van der Waals surface area (Å²) in [7, 11) is 0. The van der Waals surface area contributed by atoms with Crippen LogP contribution in [-0.4, -0.2) is 9.13 Å². The predicted molar refractivity (Wildman–Crippen MR) is 205 cm³/mol. The van der Waals surface area contributed by atoms with E-state index in [4.69, 9.17) is 0 Å². The van der Waals surface area contributed by atoms with Crippen molar-refractivity contribution in [1.29, 1.82) is 21.0 Å². The van der Waals surface area contributed by atoms with E-state index in [1.165, 1.54) is 0 Å². The van der Waals surface area contributed by atoms with Gasteiger partial charge in [0, 0.05) is 49.6 Å². The molecule has 7 aromatic carbocycles. The van der Waals surface area contributed by atoms with Crippen molar-refractivity contribution in [3.05, 3.63) is 168 Å².